The van der Waals surface area contributed by atoms with Gasteiger partial charge in [-0.2, -0.15) is 0 Å². The summed E-state index contributed by atoms with van der Waals surface area (Å²) in [5.41, 5.74) is 2.38. The second-order valence-corrected chi connectivity index (χ2v) is 7.64. The Labute approximate surface area is 176 Å². The molecule has 3 rings (SSSR count). The minimum absolute atomic E-state index is 0.0346. The molecule has 4 atom stereocenters. The van der Waals surface area contributed by atoms with Crippen LogP contribution in [0.3, 0.4) is 0 Å². The Morgan fingerprint density at radius 1 is 1.20 bits per heavy atom. The standard InChI is InChI=1S/C23H28N2O5/c1-4-19-14(2)21(24-23(29)30-13-16-8-6-5-7-9-16)18-12-17(22(27)28)10-11-20(18)25(19)15(3)26/h5-12,14-15,19,21,26H,4,13H2,1-3H3,(H,24,29)(H,27,28)/t14-,15?,19-,21+/m0/s1. The molecular weight excluding hydrogens is 384 g/mol. The maximum Gasteiger partial charge on any atom is 0.407 e. The number of aliphatic hydroxyl groups is 1. The number of amides is 1. The normalized spacial score (nSPS) is 21.5. The summed E-state index contributed by atoms with van der Waals surface area (Å²) in [5.74, 6) is -1.12. The minimum atomic E-state index is -1.04. The number of fused-ring (bicyclic) bond motifs is 1. The summed E-state index contributed by atoms with van der Waals surface area (Å²) >= 11 is 0. The largest absolute Gasteiger partial charge is 0.478 e. The van der Waals surface area contributed by atoms with Gasteiger partial charge >= 0.3 is 12.1 Å². The van der Waals surface area contributed by atoms with Gasteiger partial charge in [0.2, 0.25) is 0 Å². The Hall–Kier alpha value is -3.06. The number of carbonyl (C=O) groups excluding carboxylic acids is 1. The van der Waals surface area contributed by atoms with E-state index in [1.54, 1.807) is 19.1 Å². The number of benzene rings is 2. The van der Waals surface area contributed by atoms with Crippen LogP contribution in [0, 0.1) is 5.92 Å². The predicted molar refractivity (Wildman–Crippen MR) is 113 cm³/mol. The highest BCUT2D eigenvalue weighted by atomic mass is 16.5. The van der Waals surface area contributed by atoms with E-state index in [9.17, 15) is 19.8 Å². The van der Waals surface area contributed by atoms with Gasteiger partial charge in [-0.1, -0.05) is 44.2 Å². The van der Waals surface area contributed by atoms with Crippen LogP contribution < -0.4 is 10.2 Å². The number of ether oxygens (including phenoxy) is 1. The molecule has 160 valence electrons. The molecule has 0 saturated carbocycles. The highest BCUT2D eigenvalue weighted by Crippen LogP contribution is 2.43. The van der Waals surface area contributed by atoms with Gasteiger partial charge in [0, 0.05) is 17.6 Å². The fourth-order valence-corrected chi connectivity index (χ4v) is 4.26. The number of anilines is 1. The Bertz CT molecular complexity index is 900. The SMILES string of the molecule is CC[C@H]1[C@H](C)[C@@H](NC(=O)OCc2ccccc2)c2cc(C(=O)O)ccc2N1C(C)O. The van der Waals surface area contributed by atoms with Crippen molar-refractivity contribution in [1.82, 2.24) is 5.32 Å². The lowest BCUT2D eigenvalue weighted by molar-refractivity contribution is 0.0696. The first kappa shape index (κ1) is 21.6. The van der Waals surface area contributed by atoms with Crippen LogP contribution in [0.4, 0.5) is 10.5 Å². The number of aliphatic hydroxyl groups excluding tert-OH is 1. The van der Waals surface area contributed by atoms with E-state index in [1.807, 2.05) is 49.1 Å². The van der Waals surface area contributed by atoms with Crippen molar-refractivity contribution in [2.45, 2.75) is 52.1 Å². The number of carboxylic acids is 1. The number of aromatic carboxylic acids is 1. The molecule has 0 spiro atoms. The zero-order valence-corrected chi connectivity index (χ0v) is 17.4. The van der Waals surface area contributed by atoms with Crippen molar-refractivity contribution < 1.29 is 24.5 Å². The molecule has 30 heavy (non-hydrogen) atoms. The van der Waals surface area contributed by atoms with Gasteiger partial charge in [0.15, 0.2) is 0 Å². The molecule has 1 aliphatic heterocycles. The van der Waals surface area contributed by atoms with Crippen LogP contribution in [-0.4, -0.2) is 34.5 Å². The first-order valence-electron chi connectivity index (χ1n) is 10.1. The summed E-state index contributed by atoms with van der Waals surface area (Å²) in [5, 5.41) is 22.7. The van der Waals surface area contributed by atoms with Crippen LogP contribution in [0.25, 0.3) is 0 Å². The molecule has 0 aliphatic carbocycles. The Balaban J connectivity index is 1.90. The van der Waals surface area contributed by atoms with Gasteiger partial charge in [-0.3, -0.25) is 0 Å². The lowest BCUT2D eigenvalue weighted by Crippen LogP contribution is -2.53. The van der Waals surface area contributed by atoms with E-state index >= 15 is 0 Å². The minimum Gasteiger partial charge on any atom is -0.478 e. The summed E-state index contributed by atoms with van der Waals surface area (Å²) in [6.45, 7) is 5.85. The number of nitrogens with zero attached hydrogens (tertiary/aromatic N) is 1. The number of alkyl carbamates (subject to hydrolysis) is 1. The van der Waals surface area contributed by atoms with Gasteiger partial charge in [0.1, 0.15) is 12.8 Å². The second-order valence-electron chi connectivity index (χ2n) is 7.64. The maximum atomic E-state index is 12.6. The van der Waals surface area contributed by atoms with Crippen LogP contribution in [0.15, 0.2) is 48.5 Å². The Morgan fingerprint density at radius 3 is 2.50 bits per heavy atom. The van der Waals surface area contributed by atoms with E-state index < -0.39 is 24.3 Å². The van der Waals surface area contributed by atoms with Crippen molar-refractivity contribution in [3.8, 4) is 0 Å². The molecule has 1 aliphatic rings. The maximum absolute atomic E-state index is 12.6. The predicted octanol–water partition coefficient (Wildman–Crippen LogP) is 3.93. The van der Waals surface area contributed by atoms with E-state index in [0.29, 0.717) is 11.3 Å². The number of hydrogen-bond donors (Lipinski definition) is 3. The average Bonchev–Trinajstić information content (AvgIpc) is 2.73. The van der Waals surface area contributed by atoms with Gasteiger partial charge in [0.25, 0.3) is 0 Å². The van der Waals surface area contributed by atoms with E-state index in [1.165, 1.54) is 6.07 Å². The zero-order chi connectivity index (χ0) is 21.8. The Morgan fingerprint density at radius 2 is 1.90 bits per heavy atom. The van der Waals surface area contributed by atoms with E-state index in [2.05, 4.69) is 5.32 Å². The fraction of sp³-hybridized carbons (Fsp3) is 0.391. The first-order chi connectivity index (χ1) is 14.3. The first-order valence-corrected chi connectivity index (χ1v) is 10.1. The van der Waals surface area contributed by atoms with E-state index in [-0.39, 0.29) is 24.1 Å². The number of carbonyl (C=O) groups is 2. The van der Waals surface area contributed by atoms with Crippen LogP contribution in [-0.2, 0) is 11.3 Å². The highest BCUT2D eigenvalue weighted by molar-refractivity contribution is 5.89. The fourth-order valence-electron chi connectivity index (χ4n) is 4.26. The molecule has 0 aromatic heterocycles. The summed E-state index contributed by atoms with van der Waals surface area (Å²) in [4.78, 5) is 26.0. The van der Waals surface area contributed by atoms with Crippen molar-refractivity contribution in [3.63, 3.8) is 0 Å². The molecule has 0 radical (unpaired) electrons. The lowest BCUT2D eigenvalue weighted by atomic mass is 9.80. The van der Waals surface area contributed by atoms with Crippen LogP contribution in [0.5, 0.6) is 0 Å². The van der Waals surface area contributed by atoms with E-state index in [4.69, 9.17) is 4.74 Å². The molecule has 7 heteroatoms. The molecule has 1 amide bonds. The molecule has 0 bridgehead atoms. The molecule has 2 aromatic rings. The number of rotatable bonds is 6. The lowest BCUT2D eigenvalue weighted by Gasteiger charge is -2.47. The molecule has 7 nitrogen and oxygen atoms in total. The van der Waals surface area contributed by atoms with Gasteiger partial charge in [-0.25, -0.2) is 9.59 Å². The van der Waals surface area contributed by atoms with Crippen molar-refractivity contribution >= 4 is 17.7 Å². The van der Waals surface area contributed by atoms with Crippen LogP contribution in [0.1, 0.15) is 54.7 Å². The van der Waals surface area contributed by atoms with Gasteiger partial charge in [0.05, 0.1) is 11.6 Å². The van der Waals surface area contributed by atoms with Crippen LogP contribution in [0.2, 0.25) is 0 Å². The third kappa shape index (κ3) is 4.41. The molecule has 0 fully saturated rings. The second kappa shape index (κ2) is 9.17. The smallest absolute Gasteiger partial charge is 0.407 e. The third-order valence-corrected chi connectivity index (χ3v) is 5.68. The number of hydrogen-bond acceptors (Lipinski definition) is 5. The molecular formula is C23H28N2O5. The molecule has 3 N–H and O–H groups in total. The summed E-state index contributed by atoms with van der Waals surface area (Å²) < 4.78 is 5.39. The van der Waals surface area contributed by atoms with Gasteiger partial charge in [-0.15, -0.1) is 0 Å². The van der Waals surface area contributed by atoms with E-state index in [0.717, 1.165) is 12.0 Å². The topological polar surface area (TPSA) is 99.1 Å². The number of carboxylic acid groups (broad SMARTS) is 1. The van der Waals surface area contributed by atoms with Gasteiger partial charge < -0.3 is 25.2 Å². The van der Waals surface area contributed by atoms with Gasteiger partial charge in [-0.05, 0) is 42.7 Å². The third-order valence-electron chi connectivity index (χ3n) is 5.68. The summed E-state index contributed by atoms with van der Waals surface area (Å²) in [6.07, 6.45) is -0.566. The molecule has 1 unspecified atom stereocenters. The quantitative estimate of drug-likeness (QED) is 0.665. The molecule has 2 aromatic carbocycles. The molecule has 0 saturated heterocycles. The monoisotopic (exact) mass is 412 g/mol. The molecule has 1 heterocycles. The summed E-state index contributed by atoms with van der Waals surface area (Å²) in [7, 11) is 0. The summed E-state index contributed by atoms with van der Waals surface area (Å²) in [6, 6.07) is 13.7. The van der Waals surface area contributed by atoms with Crippen LogP contribution >= 0.6 is 0 Å². The van der Waals surface area contributed by atoms with Crippen molar-refractivity contribution in [2.75, 3.05) is 4.90 Å². The number of nitrogens with one attached hydrogen (secondary N) is 1. The van der Waals surface area contributed by atoms with Crippen molar-refractivity contribution in [1.29, 1.82) is 0 Å². The highest BCUT2D eigenvalue weighted by Gasteiger charge is 2.40. The average molecular weight is 412 g/mol. The Kier molecular flexibility index (Phi) is 6.62. The van der Waals surface area contributed by atoms with Crippen molar-refractivity contribution in [3.05, 3.63) is 65.2 Å². The van der Waals surface area contributed by atoms with Crippen molar-refractivity contribution in [2.24, 2.45) is 5.92 Å². The zero-order valence-electron chi connectivity index (χ0n) is 17.4.